The van der Waals surface area contributed by atoms with Gasteiger partial charge < -0.3 is 15.0 Å². The second-order valence-electron chi connectivity index (χ2n) is 6.49. The van der Waals surface area contributed by atoms with E-state index >= 15 is 0 Å². The quantitative estimate of drug-likeness (QED) is 0.903. The van der Waals surface area contributed by atoms with Crippen molar-refractivity contribution >= 4 is 29.3 Å². The van der Waals surface area contributed by atoms with Crippen LogP contribution in [0.4, 0.5) is 5.69 Å². The standard InChI is InChI=1S/C20H20N2O3S/c1-22-16-11-13(19(23)21-12-14-5-4-10-25-14)8-9-18(16)26-17-7-3-2-6-15(17)20(22)24/h2-3,6-9,11,14H,4-5,10,12H2,1H3,(H,21,23). The number of fused-ring (bicyclic) bond motifs is 2. The van der Waals surface area contributed by atoms with Crippen molar-refractivity contribution in [2.45, 2.75) is 28.7 Å². The Balaban J connectivity index is 1.58. The Morgan fingerprint density at radius 2 is 2.12 bits per heavy atom. The molecular weight excluding hydrogens is 348 g/mol. The van der Waals surface area contributed by atoms with Crippen molar-refractivity contribution in [1.82, 2.24) is 5.32 Å². The maximum Gasteiger partial charge on any atom is 0.259 e. The molecule has 2 aliphatic heterocycles. The highest BCUT2D eigenvalue weighted by atomic mass is 32.2. The van der Waals surface area contributed by atoms with Gasteiger partial charge in [0, 0.05) is 35.6 Å². The summed E-state index contributed by atoms with van der Waals surface area (Å²) in [5.41, 5.74) is 1.98. The van der Waals surface area contributed by atoms with E-state index in [9.17, 15) is 9.59 Å². The summed E-state index contributed by atoms with van der Waals surface area (Å²) in [5, 5.41) is 2.93. The highest BCUT2D eigenvalue weighted by Crippen LogP contribution is 2.41. The van der Waals surface area contributed by atoms with E-state index in [1.54, 1.807) is 29.8 Å². The molecule has 2 heterocycles. The number of nitrogens with zero attached hydrogens (tertiary/aromatic N) is 1. The van der Waals surface area contributed by atoms with Crippen LogP contribution in [0.1, 0.15) is 33.6 Å². The van der Waals surface area contributed by atoms with Gasteiger partial charge in [-0.2, -0.15) is 0 Å². The largest absolute Gasteiger partial charge is 0.376 e. The van der Waals surface area contributed by atoms with Gasteiger partial charge in [-0.3, -0.25) is 9.59 Å². The molecule has 26 heavy (non-hydrogen) atoms. The molecule has 0 aromatic heterocycles. The fourth-order valence-electron chi connectivity index (χ4n) is 3.26. The van der Waals surface area contributed by atoms with Gasteiger partial charge in [0.25, 0.3) is 11.8 Å². The minimum atomic E-state index is -0.143. The Kier molecular flexibility index (Phi) is 4.70. The highest BCUT2D eigenvalue weighted by molar-refractivity contribution is 7.99. The molecule has 2 aromatic carbocycles. The Morgan fingerprint density at radius 1 is 1.27 bits per heavy atom. The van der Waals surface area contributed by atoms with E-state index < -0.39 is 0 Å². The number of hydrogen-bond donors (Lipinski definition) is 1. The zero-order valence-corrected chi connectivity index (χ0v) is 15.3. The lowest BCUT2D eigenvalue weighted by atomic mass is 10.1. The van der Waals surface area contributed by atoms with Gasteiger partial charge in [-0.05, 0) is 43.2 Å². The van der Waals surface area contributed by atoms with Gasteiger partial charge in [0.2, 0.25) is 0 Å². The first-order valence-corrected chi connectivity index (χ1v) is 9.54. The van der Waals surface area contributed by atoms with Crippen LogP contribution in [0.5, 0.6) is 0 Å². The topological polar surface area (TPSA) is 58.6 Å². The molecule has 6 heteroatoms. The zero-order valence-electron chi connectivity index (χ0n) is 14.5. The first kappa shape index (κ1) is 17.1. The predicted octanol–water partition coefficient (Wildman–Crippen LogP) is 3.34. The van der Waals surface area contributed by atoms with Crippen LogP contribution in [0, 0.1) is 0 Å². The summed E-state index contributed by atoms with van der Waals surface area (Å²) in [4.78, 5) is 28.8. The van der Waals surface area contributed by atoms with E-state index in [1.165, 1.54) is 0 Å². The second kappa shape index (κ2) is 7.13. The molecule has 0 spiro atoms. The summed E-state index contributed by atoms with van der Waals surface area (Å²) in [6, 6.07) is 13.1. The van der Waals surface area contributed by atoms with E-state index in [1.807, 2.05) is 36.4 Å². The van der Waals surface area contributed by atoms with Crippen LogP contribution in [-0.4, -0.2) is 38.1 Å². The Labute approximate surface area is 156 Å². The third kappa shape index (κ3) is 3.22. The summed E-state index contributed by atoms with van der Waals surface area (Å²) < 4.78 is 5.54. The molecule has 1 N–H and O–H groups in total. The van der Waals surface area contributed by atoms with Gasteiger partial charge in [0.05, 0.1) is 17.4 Å². The van der Waals surface area contributed by atoms with Gasteiger partial charge in [0.15, 0.2) is 0 Å². The van der Waals surface area contributed by atoms with E-state index in [0.29, 0.717) is 17.7 Å². The maximum atomic E-state index is 12.8. The molecular formula is C20H20N2O3S. The van der Waals surface area contributed by atoms with Gasteiger partial charge in [-0.25, -0.2) is 0 Å². The van der Waals surface area contributed by atoms with Crippen molar-refractivity contribution in [3.8, 4) is 0 Å². The fraction of sp³-hybridized carbons (Fsp3) is 0.300. The summed E-state index contributed by atoms with van der Waals surface area (Å²) in [5.74, 6) is -0.209. The molecule has 0 aliphatic carbocycles. The van der Waals surface area contributed by atoms with Gasteiger partial charge in [-0.1, -0.05) is 23.9 Å². The monoisotopic (exact) mass is 368 g/mol. The summed E-state index contributed by atoms with van der Waals surface area (Å²) in [6.07, 6.45) is 2.13. The molecule has 134 valence electrons. The van der Waals surface area contributed by atoms with Crippen LogP contribution in [0.2, 0.25) is 0 Å². The number of hydrogen-bond acceptors (Lipinski definition) is 4. The molecule has 2 aliphatic rings. The number of carbonyl (C=O) groups is 2. The molecule has 1 atom stereocenters. The van der Waals surface area contributed by atoms with Crippen molar-refractivity contribution in [3.05, 3.63) is 53.6 Å². The Bertz CT molecular complexity index is 862. The predicted molar refractivity (Wildman–Crippen MR) is 101 cm³/mol. The summed E-state index contributed by atoms with van der Waals surface area (Å²) in [7, 11) is 1.75. The molecule has 2 aromatic rings. The van der Waals surface area contributed by atoms with E-state index in [0.717, 1.165) is 34.9 Å². The average Bonchev–Trinajstić information content (AvgIpc) is 3.16. The maximum absolute atomic E-state index is 12.8. The number of amides is 2. The molecule has 1 saturated heterocycles. The minimum Gasteiger partial charge on any atom is -0.376 e. The van der Waals surface area contributed by atoms with Gasteiger partial charge in [-0.15, -0.1) is 0 Å². The van der Waals surface area contributed by atoms with Crippen molar-refractivity contribution in [2.75, 3.05) is 25.1 Å². The molecule has 0 saturated carbocycles. The Morgan fingerprint density at radius 3 is 2.92 bits per heavy atom. The fourth-order valence-corrected chi connectivity index (χ4v) is 4.35. The number of rotatable bonds is 3. The number of ether oxygens (including phenoxy) is 1. The third-order valence-corrected chi connectivity index (χ3v) is 5.88. The number of carbonyl (C=O) groups excluding carboxylic acids is 2. The normalized spacial score (nSPS) is 18.9. The van der Waals surface area contributed by atoms with Crippen molar-refractivity contribution in [2.24, 2.45) is 0 Å². The first-order valence-electron chi connectivity index (χ1n) is 8.72. The minimum absolute atomic E-state index is 0.0660. The first-order chi connectivity index (χ1) is 12.6. The lowest BCUT2D eigenvalue weighted by Crippen LogP contribution is -2.32. The molecule has 4 rings (SSSR count). The second-order valence-corrected chi connectivity index (χ2v) is 7.57. The molecule has 1 unspecified atom stereocenters. The van der Waals surface area contributed by atoms with E-state index in [4.69, 9.17) is 4.74 Å². The van der Waals surface area contributed by atoms with Crippen molar-refractivity contribution < 1.29 is 14.3 Å². The number of nitrogens with one attached hydrogen (secondary N) is 1. The summed E-state index contributed by atoms with van der Waals surface area (Å²) in [6.45, 7) is 1.29. The van der Waals surface area contributed by atoms with Gasteiger partial charge >= 0.3 is 0 Å². The van der Waals surface area contributed by atoms with Crippen LogP contribution in [0.25, 0.3) is 0 Å². The van der Waals surface area contributed by atoms with Crippen LogP contribution in [0.15, 0.2) is 52.3 Å². The van der Waals surface area contributed by atoms with Crippen molar-refractivity contribution in [1.29, 1.82) is 0 Å². The third-order valence-electron chi connectivity index (χ3n) is 4.74. The lowest BCUT2D eigenvalue weighted by molar-refractivity contribution is 0.0857. The van der Waals surface area contributed by atoms with E-state index in [-0.39, 0.29) is 17.9 Å². The average molecular weight is 368 g/mol. The molecule has 2 amide bonds. The zero-order chi connectivity index (χ0) is 18.1. The van der Waals surface area contributed by atoms with Crippen LogP contribution >= 0.6 is 11.8 Å². The Hall–Kier alpha value is -2.31. The smallest absolute Gasteiger partial charge is 0.259 e. The summed E-state index contributed by atoms with van der Waals surface area (Å²) >= 11 is 1.55. The van der Waals surface area contributed by atoms with E-state index in [2.05, 4.69) is 5.32 Å². The SMILES string of the molecule is CN1C(=O)c2ccccc2Sc2ccc(C(=O)NCC3CCCO3)cc21. The number of anilines is 1. The van der Waals surface area contributed by atoms with Crippen LogP contribution < -0.4 is 10.2 Å². The molecule has 0 radical (unpaired) electrons. The number of benzene rings is 2. The highest BCUT2D eigenvalue weighted by Gasteiger charge is 2.25. The molecule has 0 bridgehead atoms. The molecule has 5 nitrogen and oxygen atoms in total. The molecule has 1 fully saturated rings. The van der Waals surface area contributed by atoms with Crippen LogP contribution in [0.3, 0.4) is 0 Å². The van der Waals surface area contributed by atoms with Gasteiger partial charge in [0.1, 0.15) is 0 Å². The van der Waals surface area contributed by atoms with Crippen LogP contribution in [-0.2, 0) is 4.74 Å². The van der Waals surface area contributed by atoms with Crippen molar-refractivity contribution in [3.63, 3.8) is 0 Å². The lowest BCUT2D eigenvalue weighted by Gasteiger charge is -2.18.